The van der Waals surface area contributed by atoms with Gasteiger partial charge in [0.2, 0.25) is 0 Å². The molecule has 0 spiro atoms. The fraction of sp³-hybridized carbons (Fsp3) is 0.667. The maximum Gasteiger partial charge on any atom is 0.145 e. The fourth-order valence-electron chi connectivity index (χ4n) is 1.29. The molecule has 1 aliphatic heterocycles. The third-order valence-electron chi connectivity index (χ3n) is 1.90. The summed E-state index contributed by atoms with van der Waals surface area (Å²) >= 11 is 0. The van der Waals surface area contributed by atoms with E-state index in [1.54, 1.807) is 6.92 Å². The van der Waals surface area contributed by atoms with E-state index in [2.05, 4.69) is 6.92 Å². The Kier molecular flexibility index (Phi) is 2.83. The second kappa shape index (κ2) is 3.67. The summed E-state index contributed by atoms with van der Waals surface area (Å²) in [5, 5.41) is 0. The highest BCUT2D eigenvalue weighted by Gasteiger charge is 2.19. The van der Waals surface area contributed by atoms with E-state index in [1.165, 1.54) is 0 Å². The maximum absolute atomic E-state index is 10.3. The predicted octanol–water partition coefficient (Wildman–Crippen LogP) is 1.70. The van der Waals surface area contributed by atoms with E-state index < -0.39 is 0 Å². The van der Waals surface area contributed by atoms with Crippen LogP contribution in [0.15, 0.2) is 11.6 Å². The second-order valence-corrected chi connectivity index (χ2v) is 3.09. The smallest absolute Gasteiger partial charge is 0.145 e. The van der Waals surface area contributed by atoms with Crippen molar-refractivity contribution in [3.63, 3.8) is 0 Å². The van der Waals surface area contributed by atoms with Gasteiger partial charge in [0.15, 0.2) is 0 Å². The SMILES string of the molecule is C/C(C=O)=C/C1CCC(C)O1. The predicted molar refractivity (Wildman–Crippen MR) is 43.4 cm³/mol. The van der Waals surface area contributed by atoms with Gasteiger partial charge in [0.25, 0.3) is 0 Å². The van der Waals surface area contributed by atoms with Crippen molar-refractivity contribution in [3.8, 4) is 0 Å². The average Bonchev–Trinajstić information content (AvgIpc) is 2.35. The highest BCUT2D eigenvalue weighted by atomic mass is 16.5. The molecule has 2 unspecified atom stereocenters. The molecular weight excluding hydrogens is 140 g/mol. The molecule has 2 nitrogen and oxygen atoms in total. The number of carbonyl (C=O) groups is 1. The standard InChI is InChI=1S/C9H14O2/c1-7(6-10)5-9-4-3-8(2)11-9/h5-6,8-9H,3-4H2,1-2H3/b7-5-. The number of aldehydes is 1. The normalized spacial score (nSPS) is 32.4. The summed E-state index contributed by atoms with van der Waals surface area (Å²) in [6.45, 7) is 3.86. The van der Waals surface area contributed by atoms with Crippen LogP contribution in [0.3, 0.4) is 0 Å². The van der Waals surface area contributed by atoms with Crippen LogP contribution in [0, 0.1) is 0 Å². The first-order chi connectivity index (χ1) is 5.22. The molecule has 0 aromatic rings. The minimum atomic E-state index is 0.176. The molecule has 1 fully saturated rings. The lowest BCUT2D eigenvalue weighted by molar-refractivity contribution is -0.104. The quantitative estimate of drug-likeness (QED) is 0.447. The third kappa shape index (κ3) is 2.46. The van der Waals surface area contributed by atoms with Crippen LogP contribution < -0.4 is 0 Å². The van der Waals surface area contributed by atoms with Crippen molar-refractivity contribution in [2.75, 3.05) is 0 Å². The molecule has 0 radical (unpaired) electrons. The third-order valence-corrected chi connectivity index (χ3v) is 1.90. The lowest BCUT2D eigenvalue weighted by Crippen LogP contribution is -2.05. The molecule has 1 heterocycles. The monoisotopic (exact) mass is 154 g/mol. The number of allylic oxidation sites excluding steroid dienone is 1. The Hall–Kier alpha value is -0.630. The first-order valence-electron chi connectivity index (χ1n) is 4.01. The Bertz CT molecular complexity index is 172. The zero-order chi connectivity index (χ0) is 8.27. The molecule has 0 aromatic heterocycles. The highest BCUT2D eigenvalue weighted by Crippen LogP contribution is 2.20. The fourth-order valence-corrected chi connectivity index (χ4v) is 1.29. The maximum atomic E-state index is 10.3. The van der Waals surface area contributed by atoms with E-state index in [-0.39, 0.29) is 6.10 Å². The van der Waals surface area contributed by atoms with Crippen LogP contribution in [-0.2, 0) is 9.53 Å². The van der Waals surface area contributed by atoms with Crippen molar-refractivity contribution >= 4 is 6.29 Å². The molecule has 1 aliphatic rings. The number of rotatable bonds is 2. The van der Waals surface area contributed by atoms with Gasteiger partial charge in [-0.25, -0.2) is 0 Å². The van der Waals surface area contributed by atoms with Gasteiger partial charge in [0, 0.05) is 0 Å². The summed E-state index contributed by atoms with van der Waals surface area (Å²) in [5.74, 6) is 0. The molecule has 0 N–H and O–H groups in total. The largest absolute Gasteiger partial charge is 0.371 e. The summed E-state index contributed by atoms with van der Waals surface area (Å²) in [5.41, 5.74) is 0.768. The lowest BCUT2D eigenvalue weighted by Gasteiger charge is -2.05. The van der Waals surface area contributed by atoms with Gasteiger partial charge in [-0.15, -0.1) is 0 Å². The Morgan fingerprint density at radius 1 is 1.55 bits per heavy atom. The topological polar surface area (TPSA) is 26.3 Å². The molecule has 62 valence electrons. The van der Waals surface area contributed by atoms with Crippen molar-refractivity contribution in [2.24, 2.45) is 0 Å². The Morgan fingerprint density at radius 3 is 2.73 bits per heavy atom. The number of ether oxygens (including phenoxy) is 1. The average molecular weight is 154 g/mol. The van der Waals surface area contributed by atoms with E-state index in [0.29, 0.717) is 6.10 Å². The molecule has 2 atom stereocenters. The lowest BCUT2D eigenvalue weighted by atomic mass is 10.1. The van der Waals surface area contributed by atoms with E-state index >= 15 is 0 Å². The molecule has 0 aromatic carbocycles. The highest BCUT2D eigenvalue weighted by molar-refractivity contribution is 5.72. The first kappa shape index (κ1) is 8.47. The molecule has 11 heavy (non-hydrogen) atoms. The van der Waals surface area contributed by atoms with Crippen LogP contribution in [-0.4, -0.2) is 18.5 Å². The Balaban J connectivity index is 2.44. The van der Waals surface area contributed by atoms with Crippen molar-refractivity contribution in [1.29, 1.82) is 0 Å². The summed E-state index contributed by atoms with van der Waals surface area (Å²) < 4.78 is 5.50. The van der Waals surface area contributed by atoms with Crippen molar-refractivity contribution < 1.29 is 9.53 Å². The molecule has 2 heteroatoms. The van der Waals surface area contributed by atoms with Crippen LogP contribution >= 0.6 is 0 Å². The number of hydrogen-bond acceptors (Lipinski definition) is 2. The molecule has 1 rings (SSSR count). The van der Waals surface area contributed by atoms with Crippen LogP contribution in [0.5, 0.6) is 0 Å². The van der Waals surface area contributed by atoms with Crippen LogP contribution in [0.25, 0.3) is 0 Å². The van der Waals surface area contributed by atoms with Gasteiger partial charge in [0.05, 0.1) is 12.2 Å². The van der Waals surface area contributed by atoms with Crippen molar-refractivity contribution in [1.82, 2.24) is 0 Å². The van der Waals surface area contributed by atoms with Crippen molar-refractivity contribution in [3.05, 3.63) is 11.6 Å². The Morgan fingerprint density at radius 2 is 2.27 bits per heavy atom. The molecule has 0 saturated carbocycles. The summed E-state index contributed by atoms with van der Waals surface area (Å²) in [6.07, 6.45) is 5.45. The molecule has 0 amide bonds. The van der Waals surface area contributed by atoms with Gasteiger partial charge >= 0.3 is 0 Å². The minimum absolute atomic E-state index is 0.176. The van der Waals surface area contributed by atoms with Crippen LogP contribution in [0.2, 0.25) is 0 Å². The van der Waals surface area contributed by atoms with Gasteiger partial charge in [-0.05, 0) is 38.3 Å². The zero-order valence-corrected chi connectivity index (χ0v) is 7.04. The van der Waals surface area contributed by atoms with Crippen molar-refractivity contribution in [2.45, 2.75) is 38.9 Å². The second-order valence-electron chi connectivity index (χ2n) is 3.09. The molecule has 0 aliphatic carbocycles. The summed E-state index contributed by atoms with van der Waals surface area (Å²) in [6, 6.07) is 0. The van der Waals surface area contributed by atoms with Gasteiger partial charge in [-0.1, -0.05) is 0 Å². The van der Waals surface area contributed by atoms with Gasteiger partial charge in [0.1, 0.15) is 6.29 Å². The Labute approximate surface area is 67.2 Å². The summed E-state index contributed by atoms with van der Waals surface area (Å²) in [4.78, 5) is 10.3. The van der Waals surface area contributed by atoms with Gasteiger partial charge in [-0.3, -0.25) is 4.79 Å². The van der Waals surface area contributed by atoms with E-state index in [0.717, 1.165) is 24.7 Å². The minimum Gasteiger partial charge on any atom is -0.371 e. The number of hydrogen-bond donors (Lipinski definition) is 0. The van der Waals surface area contributed by atoms with E-state index in [9.17, 15) is 4.79 Å². The number of carbonyl (C=O) groups excluding carboxylic acids is 1. The van der Waals surface area contributed by atoms with Crippen LogP contribution in [0.4, 0.5) is 0 Å². The van der Waals surface area contributed by atoms with Crippen LogP contribution in [0.1, 0.15) is 26.7 Å². The molecular formula is C9H14O2. The first-order valence-corrected chi connectivity index (χ1v) is 4.01. The van der Waals surface area contributed by atoms with E-state index in [1.807, 2.05) is 6.08 Å². The molecule has 0 bridgehead atoms. The zero-order valence-electron chi connectivity index (χ0n) is 7.04. The van der Waals surface area contributed by atoms with Gasteiger partial charge < -0.3 is 4.74 Å². The van der Waals surface area contributed by atoms with Gasteiger partial charge in [-0.2, -0.15) is 0 Å². The van der Waals surface area contributed by atoms with E-state index in [4.69, 9.17) is 4.74 Å². The summed E-state index contributed by atoms with van der Waals surface area (Å²) in [7, 11) is 0. The molecule has 1 saturated heterocycles.